The van der Waals surface area contributed by atoms with Crippen LogP contribution in [0.15, 0.2) is 0 Å². The Morgan fingerprint density at radius 3 is 2.04 bits per heavy atom. The molecule has 0 unspecified atom stereocenters. The van der Waals surface area contributed by atoms with Gasteiger partial charge in [-0.3, -0.25) is 0 Å². The van der Waals surface area contributed by atoms with E-state index < -0.39 is 5.60 Å². The second kappa shape index (κ2) is 8.96. The van der Waals surface area contributed by atoms with Gasteiger partial charge >= 0.3 is 12.1 Å². The van der Waals surface area contributed by atoms with Crippen LogP contribution in [0.3, 0.4) is 0 Å². The molecule has 1 aliphatic carbocycles. The predicted octanol–water partition coefficient (Wildman–Crippen LogP) is 4.14. The highest BCUT2D eigenvalue weighted by Gasteiger charge is 2.35. The van der Waals surface area contributed by atoms with Crippen LogP contribution in [0.4, 0.5) is 9.59 Å². The summed E-state index contributed by atoms with van der Waals surface area (Å²) in [5.74, 6) is 0. The zero-order valence-corrected chi connectivity index (χ0v) is 17.2. The Morgan fingerprint density at radius 1 is 1.00 bits per heavy atom. The average molecular weight is 368 g/mol. The molecule has 150 valence electrons. The summed E-state index contributed by atoms with van der Waals surface area (Å²) in [6, 6.07) is 0.731. The van der Waals surface area contributed by atoms with Crippen LogP contribution in [0, 0.1) is 0 Å². The van der Waals surface area contributed by atoms with Crippen molar-refractivity contribution in [2.24, 2.45) is 0 Å². The maximum absolute atomic E-state index is 12.9. The molecule has 1 aliphatic heterocycles. The van der Waals surface area contributed by atoms with E-state index in [1.165, 1.54) is 19.3 Å². The van der Waals surface area contributed by atoms with Crippen LogP contribution < -0.4 is 5.32 Å². The van der Waals surface area contributed by atoms with E-state index in [4.69, 9.17) is 4.74 Å². The number of carbonyl (C=O) groups excluding carboxylic acids is 2. The van der Waals surface area contributed by atoms with Crippen LogP contribution in [-0.2, 0) is 4.74 Å². The van der Waals surface area contributed by atoms with Gasteiger partial charge in [0.15, 0.2) is 0 Å². The molecule has 3 amide bonds. The average Bonchev–Trinajstić information content (AvgIpc) is 2.54. The zero-order valence-electron chi connectivity index (χ0n) is 17.2. The van der Waals surface area contributed by atoms with E-state index >= 15 is 0 Å². The number of ether oxygens (including phenoxy) is 1. The van der Waals surface area contributed by atoms with Gasteiger partial charge in [0, 0.05) is 31.2 Å². The lowest BCUT2D eigenvalue weighted by molar-refractivity contribution is 0.0135. The molecule has 1 N–H and O–H groups in total. The molecule has 0 aromatic carbocycles. The van der Waals surface area contributed by atoms with Crippen molar-refractivity contribution in [3.63, 3.8) is 0 Å². The van der Waals surface area contributed by atoms with Gasteiger partial charge in [-0.2, -0.15) is 0 Å². The van der Waals surface area contributed by atoms with Gasteiger partial charge < -0.3 is 19.9 Å². The third-order valence-electron chi connectivity index (χ3n) is 5.12. The third kappa shape index (κ3) is 6.06. The number of nitrogens with one attached hydrogen (secondary N) is 1. The first kappa shape index (κ1) is 20.8. The normalized spacial score (nSPS) is 20.2. The third-order valence-corrected chi connectivity index (χ3v) is 5.12. The molecule has 0 aromatic heterocycles. The molecule has 2 fully saturated rings. The molecule has 6 nitrogen and oxygen atoms in total. The number of likely N-dealkylation sites (tertiary alicyclic amines) is 1. The van der Waals surface area contributed by atoms with E-state index in [2.05, 4.69) is 10.2 Å². The topological polar surface area (TPSA) is 61.9 Å². The minimum atomic E-state index is -0.473. The molecule has 0 aromatic rings. The summed E-state index contributed by atoms with van der Waals surface area (Å²) < 4.78 is 5.48. The molecule has 0 spiro atoms. The summed E-state index contributed by atoms with van der Waals surface area (Å²) in [6.07, 6.45) is 7.26. The Hall–Kier alpha value is -1.46. The zero-order chi connectivity index (χ0) is 19.3. The van der Waals surface area contributed by atoms with Crippen LogP contribution in [0.2, 0.25) is 0 Å². The lowest BCUT2D eigenvalue weighted by Crippen LogP contribution is -2.56. The largest absolute Gasteiger partial charge is 0.444 e. The molecule has 1 saturated carbocycles. The molecule has 0 atom stereocenters. The monoisotopic (exact) mass is 367 g/mol. The highest BCUT2D eigenvalue weighted by Crippen LogP contribution is 2.28. The van der Waals surface area contributed by atoms with Crippen molar-refractivity contribution in [1.82, 2.24) is 15.1 Å². The Kier molecular flexibility index (Phi) is 7.18. The van der Waals surface area contributed by atoms with E-state index in [1.807, 2.05) is 34.6 Å². The highest BCUT2D eigenvalue weighted by molar-refractivity contribution is 5.75. The standard InChI is InChI=1S/C20H37N3O3/c1-15(2)21-18(24)23(16-9-7-6-8-10-16)17-11-13-22(14-12-17)19(25)26-20(3,4)5/h15-17H,6-14H2,1-5H3,(H,21,24). The molecule has 26 heavy (non-hydrogen) atoms. The summed E-state index contributed by atoms with van der Waals surface area (Å²) in [4.78, 5) is 29.0. The van der Waals surface area contributed by atoms with Gasteiger partial charge in [0.05, 0.1) is 0 Å². The fourth-order valence-electron chi connectivity index (χ4n) is 3.96. The van der Waals surface area contributed by atoms with Crippen molar-refractivity contribution in [2.75, 3.05) is 13.1 Å². The second-order valence-corrected chi connectivity index (χ2v) is 9.00. The van der Waals surface area contributed by atoms with Crippen LogP contribution in [0.5, 0.6) is 0 Å². The molecule has 1 heterocycles. The molecule has 6 heteroatoms. The number of rotatable bonds is 3. The van der Waals surface area contributed by atoms with Crippen LogP contribution in [0.1, 0.15) is 79.6 Å². The van der Waals surface area contributed by atoms with Crippen molar-refractivity contribution in [2.45, 2.75) is 103 Å². The number of carbonyl (C=O) groups is 2. The molecule has 0 bridgehead atoms. The summed E-state index contributed by atoms with van der Waals surface area (Å²) >= 11 is 0. The van der Waals surface area contributed by atoms with Crippen LogP contribution in [0.25, 0.3) is 0 Å². The fourth-order valence-corrected chi connectivity index (χ4v) is 3.96. The lowest BCUT2D eigenvalue weighted by Gasteiger charge is -2.43. The van der Waals surface area contributed by atoms with Gasteiger partial charge in [-0.25, -0.2) is 9.59 Å². The van der Waals surface area contributed by atoms with Crippen LogP contribution in [-0.4, -0.2) is 58.7 Å². The van der Waals surface area contributed by atoms with Crippen molar-refractivity contribution < 1.29 is 14.3 Å². The summed E-state index contributed by atoms with van der Waals surface area (Å²) in [7, 11) is 0. The second-order valence-electron chi connectivity index (χ2n) is 9.00. The Bertz CT molecular complexity index is 473. The first-order chi connectivity index (χ1) is 12.2. The highest BCUT2D eigenvalue weighted by atomic mass is 16.6. The molecule has 2 aliphatic rings. The minimum Gasteiger partial charge on any atom is -0.444 e. The Labute approximate surface area is 158 Å². The van der Waals surface area contributed by atoms with Gasteiger partial charge in [0.2, 0.25) is 0 Å². The van der Waals surface area contributed by atoms with Gasteiger partial charge in [-0.05, 0) is 60.3 Å². The van der Waals surface area contributed by atoms with Gasteiger partial charge in [0.1, 0.15) is 5.60 Å². The molecular formula is C20H37N3O3. The number of hydrogen-bond donors (Lipinski definition) is 1. The van der Waals surface area contributed by atoms with Crippen molar-refractivity contribution >= 4 is 12.1 Å². The van der Waals surface area contributed by atoms with E-state index in [9.17, 15) is 9.59 Å². The molecule has 0 radical (unpaired) electrons. The van der Waals surface area contributed by atoms with Crippen molar-refractivity contribution in [3.05, 3.63) is 0 Å². The molecule has 1 saturated heterocycles. The maximum atomic E-state index is 12.9. The number of piperidine rings is 1. The van der Waals surface area contributed by atoms with E-state index in [0.29, 0.717) is 19.1 Å². The molecule has 2 rings (SSSR count). The SMILES string of the molecule is CC(C)NC(=O)N(C1CCCCC1)C1CCN(C(=O)OC(C)(C)C)CC1. The number of hydrogen-bond acceptors (Lipinski definition) is 3. The van der Waals surface area contributed by atoms with Crippen molar-refractivity contribution in [3.8, 4) is 0 Å². The number of urea groups is 1. The maximum Gasteiger partial charge on any atom is 0.410 e. The predicted molar refractivity (Wildman–Crippen MR) is 103 cm³/mol. The summed E-state index contributed by atoms with van der Waals surface area (Å²) in [5, 5.41) is 3.08. The number of nitrogens with zero attached hydrogens (tertiary/aromatic N) is 2. The first-order valence-corrected chi connectivity index (χ1v) is 10.2. The van der Waals surface area contributed by atoms with Gasteiger partial charge in [-0.15, -0.1) is 0 Å². The minimum absolute atomic E-state index is 0.0580. The first-order valence-electron chi connectivity index (χ1n) is 10.2. The smallest absolute Gasteiger partial charge is 0.410 e. The summed E-state index contributed by atoms with van der Waals surface area (Å²) in [6.45, 7) is 11.0. The van der Waals surface area contributed by atoms with Gasteiger partial charge in [0.25, 0.3) is 0 Å². The van der Waals surface area contributed by atoms with Crippen molar-refractivity contribution in [1.29, 1.82) is 0 Å². The molecular weight excluding hydrogens is 330 g/mol. The van der Waals surface area contributed by atoms with Crippen LogP contribution >= 0.6 is 0 Å². The van der Waals surface area contributed by atoms with E-state index in [0.717, 1.165) is 25.7 Å². The summed E-state index contributed by atoms with van der Waals surface area (Å²) in [5.41, 5.74) is -0.473. The number of amides is 3. The fraction of sp³-hybridized carbons (Fsp3) is 0.900. The lowest BCUT2D eigenvalue weighted by atomic mass is 9.91. The van der Waals surface area contributed by atoms with E-state index in [1.54, 1.807) is 4.90 Å². The Balaban J connectivity index is 1.99. The quantitative estimate of drug-likeness (QED) is 0.815. The van der Waals surface area contributed by atoms with E-state index in [-0.39, 0.29) is 24.2 Å². The van der Waals surface area contributed by atoms with Gasteiger partial charge in [-0.1, -0.05) is 19.3 Å². The Morgan fingerprint density at radius 2 is 1.54 bits per heavy atom.